The van der Waals surface area contributed by atoms with Crippen LogP contribution in [0.4, 0.5) is 4.79 Å². The van der Waals surface area contributed by atoms with Crippen molar-refractivity contribution in [1.29, 1.82) is 0 Å². The number of ether oxygens (including phenoxy) is 1. The van der Waals surface area contributed by atoms with Gasteiger partial charge >= 0.3 is 12.0 Å². The Morgan fingerprint density at radius 3 is 2.50 bits per heavy atom. The monoisotopic (exact) mass is 234 g/mol. The molecule has 1 unspecified atom stereocenters. The molecule has 0 aliphatic carbocycles. The average Bonchev–Trinajstić information content (AvgIpc) is 2.21. The number of rotatable bonds is 7. The fourth-order valence-corrected chi connectivity index (χ4v) is 0.772. The van der Waals surface area contributed by atoms with Gasteiger partial charge in [-0.1, -0.05) is 0 Å². The van der Waals surface area contributed by atoms with Gasteiger partial charge in [0.2, 0.25) is 0 Å². The number of urea groups is 1. The van der Waals surface area contributed by atoms with Crippen molar-refractivity contribution in [3.05, 3.63) is 0 Å². The van der Waals surface area contributed by atoms with E-state index in [2.05, 4.69) is 10.6 Å². The number of amides is 2. The summed E-state index contributed by atoms with van der Waals surface area (Å²) in [6, 6.07) is -0.541. The molecule has 0 saturated carbocycles. The van der Waals surface area contributed by atoms with Gasteiger partial charge in [-0.25, -0.2) is 9.59 Å². The molecule has 1 atom stereocenters. The van der Waals surface area contributed by atoms with Gasteiger partial charge in [0.25, 0.3) is 0 Å². The topological polar surface area (TPSA) is 108 Å². The number of carbonyl (C=O) groups is 2. The molecule has 94 valence electrons. The number of nitrogens with one attached hydrogen (secondary N) is 2. The van der Waals surface area contributed by atoms with Crippen LogP contribution in [-0.2, 0) is 9.53 Å². The van der Waals surface area contributed by atoms with Gasteiger partial charge in [-0.2, -0.15) is 0 Å². The Kier molecular flexibility index (Phi) is 6.43. The van der Waals surface area contributed by atoms with Crippen LogP contribution in [0.15, 0.2) is 0 Å². The summed E-state index contributed by atoms with van der Waals surface area (Å²) in [4.78, 5) is 21.6. The van der Waals surface area contributed by atoms with Gasteiger partial charge in [0, 0.05) is 13.2 Å². The molecule has 0 bridgehead atoms. The van der Waals surface area contributed by atoms with Crippen LogP contribution in [-0.4, -0.2) is 54.1 Å². The van der Waals surface area contributed by atoms with E-state index < -0.39 is 17.6 Å². The van der Waals surface area contributed by atoms with E-state index in [1.54, 1.807) is 0 Å². The molecule has 0 rings (SSSR count). The standard InChI is InChI=1S/C9H18N2O5/c1-3-16-5-4-10-8(14)11-6-9(2,15)7(12)13/h15H,3-6H2,1-2H3,(H,12,13)(H2,10,11,14). The first-order chi connectivity index (χ1) is 7.40. The minimum atomic E-state index is -1.96. The Balaban J connectivity index is 3.69. The zero-order valence-electron chi connectivity index (χ0n) is 9.45. The van der Waals surface area contributed by atoms with Crippen molar-refractivity contribution in [3.8, 4) is 0 Å². The Bertz CT molecular complexity index is 242. The van der Waals surface area contributed by atoms with Gasteiger partial charge in [0.1, 0.15) is 0 Å². The van der Waals surface area contributed by atoms with Crippen LogP contribution >= 0.6 is 0 Å². The molecule has 4 N–H and O–H groups in total. The smallest absolute Gasteiger partial charge is 0.337 e. The van der Waals surface area contributed by atoms with Gasteiger partial charge in [-0.3, -0.25) is 0 Å². The summed E-state index contributed by atoms with van der Waals surface area (Å²) >= 11 is 0. The Morgan fingerprint density at radius 1 is 1.38 bits per heavy atom. The van der Waals surface area contributed by atoms with E-state index in [4.69, 9.17) is 9.84 Å². The van der Waals surface area contributed by atoms with Crippen molar-refractivity contribution in [3.63, 3.8) is 0 Å². The molecule has 0 radical (unpaired) electrons. The number of hydrogen-bond donors (Lipinski definition) is 4. The van der Waals surface area contributed by atoms with Crippen LogP contribution in [0.2, 0.25) is 0 Å². The molecule has 0 saturated heterocycles. The Morgan fingerprint density at radius 2 is 2.00 bits per heavy atom. The normalized spacial score (nSPS) is 13.9. The summed E-state index contributed by atoms with van der Waals surface area (Å²) in [6.07, 6.45) is 0. The molecule has 0 aliphatic heterocycles. The lowest BCUT2D eigenvalue weighted by Gasteiger charge is -2.18. The highest BCUT2D eigenvalue weighted by Crippen LogP contribution is 2.00. The number of aliphatic hydroxyl groups is 1. The Hall–Kier alpha value is -1.34. The maximum atomic E-state index is 11.1. The van der Waals surface area contributed by atoms with Crippen LogP contribution in [0.25, 0.3) is 0 Å². The second-order valence-corrected chi connectivity index (χ2v) is 3.39. The number of carbonyl (C=O) groups excluding carboxylic acids is 1. The van der Waals surface area contributed by atoms with Gasteiger partial charge < -0.3 is 25.6 Å². The first-order valence-electron chi connectivity index (χ1n) is 4.95. The van der Waals surface area contributed by atoms with Gasteiger partial charge in [-0.15, -0.1) is 0 Å². The summed E-state index contributed by atoms with van der Waals surface area (Å²) in [5.41, 5.74) is -1.96. The lowest BCUT2D eigenvalue weighted by Crippen LogP contribution is -2.49. The molecule has 0 aliphatic rings. The lowest BCUT2D eigenvalue weighted by molar-refractivity contribution is -0.155. The molecule has 7 nitrogen and oxygen atoms in total. The third-order valence-corrected chi connectivity index (χ3v) is 1.79. The van der Waals surface area contributed by atoms with E-state index in [1.165, 1.54) is 0 Å². The summed E-state index contributed by atoms with van der Waals surface area (Å²) in [5.74, 6) is -1.39. The predicted octanol–water partition coefficient (Wildman–Crippen LogP) is -0.842. The third kappa shape index (κ3) is 6.20. The average molecular weight is 234 g/mol. The number of hydrogen-bond acceptors (Lipinski definition) is 4. The molecule has 0 aromatic carbocycles. The van der Waals surface area contributed by atoms with Crippen molar-refractivity contribution < 1.29 is 24.5 Å². The quantitative estimate of drug-likeness (QED) is 0.429. The van der Waals surface area contributed by atoms with E-state index in [-0.39, 0.29) is 6.54 Å². The highest BCUT2D eigenvalue weighted by atomic mass is 16.5. The summed E-state index contributed by atoms with van der Waals surface area (Å²) in [6.45, 7) is 3.87. The first kappa shape index (κ1) is 14.7. The molecule has 2 amide bonds. The van der Waals surface area contributed by atoms with Crippen LogP contribution in [0, 0.1) is 0 Å². The van der Waals surface area contributed by atoms with Crippen molar-refractivity contribution in [2.45, 2.75) is 19.4 Å². The van der Waals surface area contributed by atoms with Crippen LogP contribution < -0.4 is 10.6 Å². The van der Waals surface area contributed by atoms with E-state index >= 15 is 0 Å². The molecule has 7 heteroatoms. The number of carboxylic acids is 1. The van der Waals surface area contributed by atoms with E-state index in [9.17, 15) is 14.7 Å². The SMILES string of the molecule is CCOCCNC(=O)NCC(C)(O)C(=O)O. The van der Waals surface area contributed by atoms with Crippen molar-refractivity contribution in [1.82, 2.24) is 10.6 Å². The van der Waals surface area contributed by atoms with Crippen molar-refractivity contribution in [2.24, 2.45) is 0 Å². The molecule has 0 spiro atoms. The second-order valence-electron chi connectivity index (χ2n) is 3.39. The number of carboxylic acid groups (broad SMARTS) is 1. The fourth-order valence-electron chi connectivity index (χ4n) is 0.772. The van der Waals surface area contributed by atoms with E-state index in [0.717, 1.165) is 6.92 Å². The van der Waals surface area contributed by atoms with E-state index in [0.29, 0.717) is 19.8 Å². The van der Waals surface area contributed by atoms with Gasteiger partial charge in [0.15, 0.2) is 5.60 Å². The van der Waals surface area contributed by atoms with Crippen molar-refractivity contribution >= 4 is 12.0 Å². The number of aliphatic carboxylic acids is 1. The van der Waals surface area contributed by atoms with Crippen LogP contribution in [0.5, 0.6) is 0 Å². The summed E-state index contributed by atoms with van der Waals surface area (Å²) < 4.78 is 4.98. The van der Waals surface area contributed by atoms with Gasteiger partial charge in [0.05, 0.1) is 13.2 Å². The maximum absolute atomic E-state index is 11.1. The minimum absolute atomic E-state index is 0.328. The molecular weight excluding hydrogens is 216 g/mol. The fraction of sp³-hybridized carbons (Fsp3) is 0.778. The zero-order valence-corrected chi connectivity index (χ0v) is 9.45. The zero-order chi connectivity index (χ0) is 12.6. The molecule has 0 heterocycles. The molecule has 0 aromatic rings. The Labute approximate surface area is 93.8 Å². The third-order valence-electron chi connectivity index (χ3n) is 1.79. The second kappa shape index (κ2) is 7.02. The predicted molar refractivity (Wildman–Crippen MR) is 56.2 cm³/mol. The minimum Gasteiger partial charge on any atom is -0.479 e. The highest BCUT2D eigenvalue weighted by molar-refractivity contribution is 5.79. The van der Waals surface area contributed by atoms with Crippen molar-refractivity contribution in [2.75, 3.05) is 26.3 Å². The maximum Gasteiger partial charge on any atom is 0.337 e. The lowest BCUT2D eigenvalue weighted by atomic mass is 10.1. The highest BCUT2D eigenvalue weighted by Gasteiger charge is 2.30. The molecule has 16 heavy (non-hydrogen) atoms. The summed E-state index contributed by atoms with van der Waals surface area (Å²) in [7, 11) is 0. The first-order valence-corrected chi connectivity index (χ1v) is 4.95. The van der Waals surface area contributed by atoms with Crippen LogP contribution in [0.1, 0.15) is 13.8 Å². The van der Waals surface area contributed by atoms with Crippen LogP contribution in [0.3, 0.4) is 0 Å². The van der Waals surface area contributed by atoms with E-state index in [1.807, 2.05) is 6.92 Å². The molecular formula is C9H18N2O5. The molecule has 0 fully saturated rings. The van der Waals surface area contributed by atoms with Gasteiger partial charge in [-0.05, 0) is 13.8 Å². The summed E-state index contributed by atoms with van der Waals surface area (Å²) in [5, 5.41) is 22.5. The molecule has 0 aromatic heterocycles. The largest absolute Gasteiger partial charge is 0.479 e.